The maximum absolute atomic E-state index is 13.1. The Kier molecular flexibility index (Phi) is 9.68. The maximum atomic E-state index is 13.1. The lowest BCUT2D eigenvalue weighted by Crippen LogP contribution is -2.43. The number of para-hydroxylation sites is 1. The Balaban J connectivity index is 1.39. The molecule has 0 bridgehead atoms. The standard InChI is InChI=1S/C31H35ClN6O4/c1-3-22(39)19-21-7-4-5-9-25(21)34-30-24(32)20-33-31(36-30)35-26-11-12-27-23(29(26)41-2)8-6-10-28(40)38(27)14-13-37-15-17-42-18-16-37/h3-5,7,9,11-12,20H,1,6,8,10,13-19H2,2H3,(H2,33,34,35,36). The number of benzene rings is 2. The molecule has 0 saturated carbocycles. The van der Waals surface area contributed by atoms with Crippen molar-refractivity contribution in [3.05, 3.63) is 71.4 Å². The Labute approximate surface area is 250 Å². The number of halogens is 1. The van der Waals surface area contributed by atoms with Gasteiger partial charge in [0.25, 0.3) is 0 Å². The summed E-state index contributed by atoms with van der Waals surface area (Å²) in [6.45, 7) is 8.15. The Morgan fingerprint density at radius 3 is 2.71 bits per heavy atom. The SMILES string of the molecule is C=CC(=O)Cc1ccccc1Nc1nc(Nc2ccc3c(c2OC)CCCC(=O)N3CCN2CCOCC2)ncc1Cl. The number of hydrogen-bond donors (Lipinski definition) is 2. The van der Waals surface area contributed by atoms with Gasteiger partial charge in [-0.05, 0) is 42.7 Å². The number of allylic oxidation sites excluding steroid dienone is 1. The molecule has 2 aliphatic rings. The van der Waals surface area contributed by atoms with Crippen molar-refractivity contribution in [3.8, 4) is 5.75 Å². The van der Waals surface area contributed by atoms with E-state index in [0.717, 1.165) is 56.1 Å². The summed E-state index contributed by atoms with van der Waals surface area (Å²) in [5.41, 5.74) is 4.04. The van der Waals surface area contributed by atoms with Crippen LogP contribution in [0.1, 0.15) is 24.0 Å². The third-order valence-electron chi connectivity index (χ3n) is 7.45. The summed E-state index contributed by atoms with van der Waals surface area (Å²) in [6.07, 6.45) is 4.96. The Bertz CT molecular complexity index is 1460. The quantitative estimate of drug-likeness (QED) is 0.301. The van der Waals surface area contributed by atoms with Crippen molar-refractivity contribution in [2.24, 2.45) is 0 Å². The van der Waals surface area contributed by atoms with Crippen LogP contribution in [0.2, 0.25) is 5.02 Å². The van der Waals surface area contributed by atoms with Gasteiger partial charge >= 0.3 is 0 Å². The molecule has 220 valence electrons. The largest absolute Gasteiger partial charge is 0.494 e. The lowest BCUT2D eigenvalue weighted by molar-refractivity contribution is -0.118. The van der Waals surface area contributed by atoms with Gasteiger partial charge in [0, 0.05) is 50.3 Å². The Morgan fingerprint density at radius 2 is 1.93 bits per heavy atom. The number of anilines is 5. The molecule has 11 heteroatoms. The molecular weight excluding hydrogens is 556 g/mol. The summed E-state index contributed by atoms with van der Waals surface area (Å²) in [4.78, 5) is 38.3. The Morgan fingerprint density at radius 1 is 1.12 bits per heavy atom. The van der Waals surface area contributed by atoms with E-state index in [0.29, 0.717) is 53.3 Å². The number of methoxy groups -OCH3 is 1. The summed E-state index contributed by atoms with van der Waals surface area (Å²) in [7, 11) is 1.63. The smallest absolute Gasteiger partial charge is 0.229 e. The second-order valence-electron chi connectivity index (χ2n) is 10.1. The van der Waals surface area contributed by atoms with Crippen LogP contribution in [0.5, 0.6) is 5.75 Å². The number of ketones is 1. The summed E-state index contributed by atoms with van der Waals surface area (Å²) >= 11 is 6.45. The van der Waals surface area contributed by atoms with Gasteiger partial charge in [0.05, 0.1) is 37.9 Å². The van der Waals surface area contributed by atoms with Crippen molar-refractivity contribution in [3.63, 3.8) is 0 Å². The van der Waals surface area contributed by atoms with Gasteiger partial charge in [-0.25, -0.2) is 4.98 Å². The van der Waals surface area contributed by atoms with Crippen LogP contribution in [0.25, 0.3) is 0 Å². The predicted octanol–water partition coefficient (Wildman–Crippen LogP) is 4.92. The number of aromatic nitrogens is 2. The van der Waals surface area contributed by atoms with E-state index in [1.165, 1.54) is 12.3 Å². The minimum absolute atomic E-state index is 0.0861. The molecule has 3 aromatic rings. The number of morpholine rings is 1. The highest BCUT2D eigenvalue weighted by atomic mass is 35.5. The fourth-order valence-electron chi connectivity index (χ4n) is 5.26. The van der Waals surface area contributed by atoms with Gasteiger partial charge in [0.2, 0.25) is 11.9 Å². The highest BCUT2D eigenvalue weighted by Crippen LogP contribution is 2.40. The van der Waals surface area contributed by atoms with Gasteiger partial charge in [-0.15, -0.1) is 0 Å². The highest BCUT2D eigenvalue weighted by Gasteiger charge is 2.27. The molecule has 2 N–H and O–H groups in total. The molecule has 1 saturated heterocycles. The first kappa shape index (κ1) is 29.5. The zero-order chi connectivity index (χ0) is 29.5. The normalized spacial score (nSPS) is 15.5. The number of amides is 1. The van der Waals surface area contributed by atoms with Gasteiger partial charge in [0.1, 0.15) is 10.8 Å². The second-order valence-corrected chi connectivity index (χ2v) is 10.5. The lowest BCUT2D eigenvalue weighted by Gasteiger charge is -2.30. The van der Waals surface area contributed by atoms with E-state index in [1.807, 2.05) is 41.3 Å². The molecule has 2 aromatic carbocycles. The zero-order valence-electron chi connectivity index (χ0n) is 23.7. The number of hydrogen-bond acceptors (Lipinski definition) is 9. The van der Waals surface area contributed by atoms with E-state index in [4.69, 9.17) is 21.1 Å². The summed E-state index contributed by atoms with van der Waals surface area (Å²) in [5, 5.41) is 6.84. The number of nitrogens with one attached hydrogen (secondary N) is 2. The first-order valence-electron chi connectivity index (χ1n) is 14.1. The molecule has 0 spiro atoms. The fourth-order valence-corrected chi connectivity index (χ4v) is 5.40. The van der Waals surface area contributed by atoms with Crippen LogP contribution in [0, 0.1) is 0 Å². The molecule has 0 unspecified atom stereocenters. The molecule has 3 heterocycles. The molecule has 10 nitrogen and oxygen atoms in total. The third-order valence-corrected chi connectivity index (χ3v) is 7.72. The van der Waals surface area contributed by atoms with E-state index >= 15 is 0 Å². The molecule has 0 atom stereocenters. The number of carbonyl (C=O) groups excluding carboxylic acids is 2. The van der Waals surface area contributed by atoms with Gasteiger partial charge in [0.15, 0.2) is 11.6 Å². The molecule has 2 aliphatic heterocycles. The van der Waals surface area contributed by atoms with Crippen LogP contribution in [-0.4, -0.2) is 73.1 Å². The van der Waals surface area contributed by atoms with E-state index in [1.54, 1.807) is 7.11 Å². The number of rotatable bonds is 11. The fraction of sp³-hybridized carbons (Fsp3) is 0.355. The van der Waals surface area contributed by atoms with Crippen molar-refractivity contribution >= 4 is 52.1 Å². The van der Waals surface area contributed by atoms with Gasteiger partial charge in [-0.1, -0.05) is 36.4 Å². The van der Waals surface area contributed by atoms with Gasteiger partial charge < -0.3 is 25.0 Å². The molecule has 0 radical (unpaired) electrons. The molecular formula is C31H35ClN6O4. The first-order valence-corrected chi connectivity index (χ1v) is 14.4. The minimum atomic E-state index is -0.0861. The number of ether oxygens (including phenoxy) is 2. The molecule has 5 rings (SSSR count). The topological polar surface area (TPSA) is 109 Å². The average molecular weight is 591 g/mol. The van der Waals surface area contributed by atoms with Crippen LogP contribution in [-0.2, 0) is 27.2 Å². The predicted molar refractivity (Wildman–Crippen MR) is 165 cm³/mol. The molecule has 42 heavy (non-hydrogen) atoms. The maximum Gasteiger partial charge on any atom is 0.229 e. The Hall–Kier alpha value is -3.99. The second kappa shape index (κ2) is 13.8. The van der Waals surface area contributed by atoms with Crippen molar-refractivity contribution in [2.75, 3.05) is 62.0 Å². The molecule has 1 aromatic heterocycles. The third kappa shape index (κ3) is 6.89. The van der Waals surface area contributed by atoms with Crippen LogP contribution in [0.15, 0.2) is 55.3 Å². The molecule has 1 fully saturated rings. The van der Waals surface area contributed by atoms with Crippen molar-refractivity contribution in [2.45, 2.75) is 25.7 Å². The van der Waals surface area contributed by atoms with E-state index in [2.05, 4.69) is 32.1 Å². The van der Waals surface area contributed by atoms with Crippen LogP contribution >= 0.6 is 11.6 Å². The van der Waals surface area contributed by atoms with E-state index < -0.39 is 0 Å². The lowest BCUT2D eigenvalue weighted by atomic mass is 10.0. The van der Waals surface area contributed by atoms with Crippen LogP contribution < -0.4 is 20.3 Å². The molecule has 1 amide bonds. The summed E-state index contributed by atoms with van der Waals surface area (Å²) in [6, 6.07) is 11.3. The average Bonchev–Trinajstić information content (AvgIpc) is 3.16. The highest BCUT2D eigenvalue weighted by molar-refractivity contribution is 6.33. The monoisotopic (exact) mass is 590 g/mol. The van der Waals surface area contributed by atoms with E-state index in [9.17, 15) is 9.59 Å². The zero-order valence-corrected chi connectivity index (χ0v) is 24.5. The van der Waals surface area contributed by atoms with Gasteiger partial charge in [-0.2, -0.15) is 4.98 Å². The number of fused-ring (bicyclic) bond motifs is 1. The van der Waals surface area contributed by atoms with Crippen molar-refractivity contribution in [1.82, 2.24) is 14.9 Å². The van der Waals surface area contributed by atoms with Crippen molar-refractivity contribution in [1.29, 1.82) is 0 Å². The summed E-state index contributed by atoms with van der Waals surface area (Å²) < 4.78 is 11.4. The summed E-state index contributed by atoms with van der Waals surface area (Å²) in [5.74, 6) is 1.39. The van der Waals surface area contributed by atoms with Gasteiger partial charge in [-0.3, -0.25) is 14.5 Å². The van der Waals surface area contributed by atoms with Crippen LogP contribution in [0.3, 0.4) is 0 Å². The van der Waals surface area contributed by atoms with Crippen molar-refractivity contribution < 1.29 is 19.1 Å². The van der Waals surface area contributed by atoms with E-state index in [-0.39, 0.29) is 18.1 Å². The molecule has 0 aliphatic carbocycles. The van der Waals surface area contributed by atoms with Crippen LogP contribution in [0.4, 0.5) is 28.8 Å². The number of carbonyl (C=O) groups is 2. The number of nitrogens with zero attached hydrogens (tertiary/aromatic N) is 4. The first-order chi connectivity index (χ1) is 20.5. The minimum Gasteiger partial charge on any atom is -0.494 e.